The molecule has 1 aliphatic carbocycles. The Morgan fingerprint density at radius 2 is 1.24 bits per heavy atom. The van der Waals surface area contributed by atoms with Gasteiger partial charge in [-0.25, -0.2) is 0 Å². The molecule has 1 aliphatic rings. The number of nitrogens with one attached hydrogen (secondary N) is 2. The van der Waals surface area contributed by atoms with Crippen LogP contribution in [0, 0.1) is 5.92 Å². The highest BCUT2D eigenvalue weighted by atomic mass is 32.2. The van der Waals surface area contributed by atoms with E-state index >= 15 is 0 Å². The molecule has 0 radical (unpaired) electrons. The number of carbonyl (C=O) groups excluding carboxylic acids is 2. The summed E-state index contributed by atoms with van der Waals surface area (Å²) < 4.78 is 36.3. The van der Waals surface area contributed by atoms with Gasteiger partial charge in [-0.2, -0.15) is 13.2 Å². The Balaban J connectivity index is 0.000000189. The molecule has 2 amide bonds. The van der Waals surface area contributed by atoms with Crippen LogP contribution < -0.4 is 10.6 Å². The summed E-state index contributed by atoms with van der Waals surface area (Å²) >= 11 is 3.37. The molecule has 1 saturated carbocycles. The highest BCUT2D eigenvalue weighted by Crippen LogP contribution is 2.29. The molecule has 5 rings (SSSR count). The highest BCUT2D eigenvalue weighted by molar-refractivity contribution is 7.98. The molecule has 0 unspecified atom stereocenters. The van der Waals surface area contributed by atoms with E-state index in [1.807, 2.05) is 48.0 Å². The van der Waals surface area contributed by atoms with Crippen LogP contribution in [0.5, 0.6) is 0 Å². The molecular formula is C32H33F3N2O2S2. The Bertz CT molecular complexity index is 1520. The van der Waals surface area contributed by atoms with Gasteiger partial charge in [0.15, 0.2) is 0 Å². The molecule has 0 atom stereocenters. The van der Waals surface area contributed by atoms with Gasteiger partial charge in [-0.15, -0.1) is 23.5 Å². The smallest absolute Gasteiger partial charge is 0.356 e. The van der Waals surface area contributed by atoms with Crippen LogP contribution in [-0.4, -0.2) is 43.6 Å². The van der Waals surface area contributed by atoms with Gasteiger partial charge in [0.2, 0.25) is 5.91 Å². The maximum atomic E-state index is 12.1. The topological polar surface area (TPSA) is 58.2 Å². The van der Waals surface area contributed by atoms with Crippen molar-refractivity contribution in [3.8, 4) is 0 Å². The molecule has 9 heteroatoms. The van der Waals surface area contributed by atoms with E-state index in [2.05, 4.69) is 48.0 Å². The molecule has 4 aromatic rings. The molecule has 0 aliphatic heterocycles. The number of thioether (sulfide) groups is 2. The standard InChI is InChI=1S/C17H19NOS.C15H14F3NOS/c1-20-15-8-7-12-3-2-4-13(16(12)11-15)9-10-18-17(19)14-5-6-14;1-21-12-6-5-10-3-2-4-11(13(10)9-12)7-8-19-14(20)15(16,17)18/h2-4,7-8,11,14H,5-6,9-10H2,1H3,(H,18,19);2-6,9H,7-8H2,1H3,(H,19,20). The van der Waals surface area contributed by atoms with Gasteiger partial charge >= 0.3 is 12.1 Å². The van der Waals surface area contributed by atoms with Crippen molar-refractivity contribution in [1.82, 2.24) is 10.6 Å². The number of amides is 2. The van der Waals surface area contributed by atoms with Gasteiger partial charge in [-0.3, -0.25) is 9.59 Å². The fourth-order valence-corrected chi connectivity index (χ4v) is 5.42. The van der Waals surface area contributed by atoms with Crippen LogP contribution in [0.15, 0.2) is 82.6 Å². The molecule has 216 valence electrons. The summed E-state index contributed by atoms with van der Waals surface area (Å²) in [6.45, 7) is 0.693. The maximum absolute atomic E-state index is 12.1. The lowest BCUT2D eigenvalue weighted by Crippen LogP contribution is -2.37. The van der Waals surface area contributed by atoms with E-state index in [0.29, 0.717) is 12.3 Å². The zero-order chi connectivity index (χ0) is 29.4. The van der Waals surface area contributed by atoms with Crippen LogP contribution in [0.4, 0.5) is 13.2 Å². The van der Waals surface area contributed by atoms with Gasteiger partial charge in [0, 0.05) is 28.8 Å². The van der Waals surface area contributed by atoms with Gasteiger partial charge in [0.25, 0.3) is 0 Å². The second-order valence-corrected chi connectivity index (χ2v) is 11.6. The van der Waals surface area contributed by atoms with Crippen molar-refractivity contribution < 1.29 is 22.8 Å². The molecule has 0 saturated heterocycles. The minimum Gasteiger partial charge on any atom is -0.356 e. The number of hydrogen-bond acceptors (Lipinski definition) is 4. The van der Waals surface area contributed by atoms with Gasteiger partial charge in [0.1, 0.15) is 0 Å². The first-order valence-electron chi connectivity index (χ1n) is 13.4. The number of fused-ring (bicyclic) bond motifs is 2. The first kappa shape index (κ1) is 30.8. The number of halogens is 3. The van der Waals surface area contributed by atoms with Crippen LogP contribution in [0.25, 0.3) is 21.5 Å². The summed E-state index contributed by atoms with van der Waals surface area (Å²) in [6.07, 6.45) is 2.62. The minimum absolute atomic E-state index is 0.0407. The SMILES string of the molecule is CSc1ccc2cccc(CCNC(=O)C(F)(F)F)c2c1.CSc1ccc2cccc(CCNC(=O)C3CC3)c2c1. The largest absolute Gasteiger partial charge is 0.471 e. The molecular weight excluding hydrogens is 565 g/mol. The summed E-state index contributed by atoms with van der Waals surface area (Å²) in [5.41, 5.74) is 2.24. The molecule has 41 heavy (non-hydrogen) atoms. The van der Waals surface area contributed by atoms with E-state index < -0.39 is 12.1 Å². The highest BCUT2D eigenvalue weighted by Gasteiger charge is 2.38. The third-order valence-corrected chi connectivity index (χ3v) is 8.39. The normalized spacial score (nSPS) is 13.0. The molecule has 1 fully saturated rings. The van der Waals surface area contributed by atoms with E-state index in [1.54, 1.807) is 23.5 Å². The Morgan fingerprint density at radius 1 is 0.756 bits per heavy atom. The summed E-state index contributed by atoms with van der Waals surface area (Å²) in [5, 5.41) is 9.55. The van der Waals surface area contributed by atoms with Crippen LogP contribution in [0.1, 0.15) is 24.0 Å². The van der Waals surface area contributed by atoms with Crippen molar-refractivity contribution in [2.75, 3.05) is 25.6 Å². The van der Waals surface area contributed by atoms with Crippen molar-refractivity contribution in [3.63, 3.8) is 0 Å². The number of rotatable bonds is 9. The first-order chi connectivity index (χ1) is 19.7. The molecule has 4 nitrogen and oxygen atoms in total. The van der Waals surface area contributed by atoms with Crippen molar-refractivity contribution in [2.24, 2.45) is 5.92 Å². The van der Waals surface area contributed by atoms with E-state index in [4.69, 9.17) is 0 Å². The van der Waals surface area contributed by atoms with Gasteiger partial charge < -0.3 is 10.6 Å². The van der Waals surface area contributed by atoms with Crippen molar-refractivity contribution >= 4 is 56.9 Å². The van der Waals surface area contributed by atoms with Crippen molar-refractivity contribution in [3.05, 3.63) is 83.9 Å². The predicted octanol–water partition coefficient (Wildman–Crippen LogP) is 7.41. The number of carbonyl (C=O) groups is 2. The lowest BCUT2D eigenvalue weighted by Gasteiger charge is -2.10. The predicted molar refractivity (Wildman–Crippen MR) is 164 cm³/mol. The molecule has 0 aromatic heterocycles. The number of alkyl halides is 3. The van der Waals surface area contributed by atoms with Gasteiger partial charge in [-0.1, -0.05) is 48.5 Å². The van der Waals surface area contributed by atoms with Crippen molar-refractivity contribution in [2.45, 2.75) is 41.7 Å². The number of hydrogen-bond donors (Lipinski definition) is 2. The van der Waals surface area contributed by atoms with E-state index in [-0.39, 0.29) is 12.5 Å². The van der Waals surface area contributed by atoms with Crippen LogP contribution in [-0.2, 0) is 22.4 Å². The fourth-order valence-electron chi connectivity index (χ4n) is 4.54. The minimum atomic E-state index is -4.83. The van der Waals surface area contributed by atoms with Crippen LogP contribution in [0.3, 0.4) is 0 Å². The van der Waals surface area contributed by atoms with Gasteiger partial charge in [0.05, 0.1) is 0 Å². The Hall–Kier alpha value is -3.17. The average molecular weight is 599 g/mol. The van der Waals surface area contributed by atoms with E-state index in [1.165, 1.54) is 21.2 Å². The molecule has 4 aromatic carbocycles. The van der Waals surface area contributed by atoms with Gasteiger partial charge in [-0.05, 0) is 95.1 Å². The first-order valence-corrected chi connectivity index (χ1v) is 15.9. The fraction of sp³-hybridized carbons (Fsp3) is 0.312. The second kappa shape index (κ2) is 14.1. The summed E-state index contributed by atoms with van der Waals surface area (Å²) in [5.74, 6) is -1.37. The quantitative estimate of drug-likeness (QED) is 0.197. The van der Waals surface area contributed by atoms with Crippen molar-refractivity contribution in [1.29, 1.82) is 0 Å². The average Bonchev–Trinajstić information content (AvgIpc) is 3.82. The van der Waals surface area contributed by atoms with E-state index in [0.717, 1.165) is 47.0 Å². The van der Waals surface area contributed by atoms with Crippen LogP contribution in [0.2, 0.25) is 0 Å². The molecule has 0 bridgehead atoms. The second-order valence-electron chi connectivity index (χ2n) is 9.83. The Labute approximate surface area is 246 Å². The zero-order valence-corrected chi connectivity index (χ0v) is 24.6. The summed E-state index contributed by atoms with van der Waals surface area (Å²) in [6, 6.07) is 24.7. The molecule has 0 heterocycles. The lowest BCUT2D eigenvalue weighted by molar-refractivity contribution is -0.173. The summed E-state index contributed by atoms with van der Waals surface area (Å²) in [4.78, 5) is 24.8. The van der Waals surface area contributed by atoms with E-state index in [9.17, 15) is 22.8 Å². The summed E-state index contributed by atoms with van der Waals surface area (Å²) in [7, 11) is 0. The third kappa shape index (κ3) is 8.66. The Morgan fingerprint density at radius 3 is 1.68 bits per heavy atom. The number of benzene rings is 4. The lowest BCUT2D eigenvalue weighted by atomic mass is 10.0. The molecule has 2 N–H and O–H groups in total. The maximum Gasteiger partial charge on any atom is 0.471 e. The molecule has 0 spiro atoms. The third-order valence-electron chi connectivity index (χ3n) is 6.94. The zero-order valence-electron chi connectivity index (χ0n) is 23.0. The van der Waals surface area contributed by atoms with Crippen LogP contribution >= 0.6 is 23.5 Å². The monoisotopic (exact) mass is 598 g/mol. The Kier molecular flexibility index (Phi) is 10.6.